The molecule has 0 aliphatic carbocycles. The fourth-order valence-electron chi connectivity index (χ4n) is 3.16. The number of hydrogen-bond acceptors (Lipinski definition) is 3. The number of nitrogens with zero attached hydrogens (tertiary/aromatic N) is 3. The average Bonchev–Trinajstić information content (AvgIpc) is 2.83. The summed E-state index contributed by atoms with van der Waals surface area (Å²) in [5, 5.41) is 12.3. The molecule has 0 radical (unpaired) electrons. The Balaban J connectivity index is 1.58. The van der Waals surface area contributed by atoms with Crippen molar-refractivity contribution in [3.05, 3.63) is 46.5 Å². The molecule has 5 nitrogen and oxygen atoms in total. The minimum absolute atomic E-state index is 0.00777. The van der Waals surface area contributed by atoms with Crippen LogP contribution in [0.2, 0.25) is 5.02 Å². The van der Waals surface area contributed by atoms with Crippen molar-refractivity contribution in [3.8, 4) is 0 Å². The van der Waals surface area contributed by atoms with Gasteiger partial charge in [-0.2, -0.15) is 0 Å². The first kappa shape index (κ1) is 17.0. The Morgan fingerprint density at radius 3 is 2.96 bits per heavy atom. The molecule has 0 bridgehead atoms. The van der Waals surface area contributed by atoms with Crippen LogP contribution in [-0.4, -0.2) is 20.7 Å². The third-order valence-corrected chi connectivity index (χ3v) is 4.85. The van der Waals surface area contributed by atoms with Crippen molar-refractivity contribution in [1.29, 1.82) is 0 Å². The van der Waals surface area contributed by atoms with Gasteiger partial charge in [0, 0.05) is 24.4 Å². The second-order valence-electron chi connectivity index (χ2n) is 6.32. The molecule has 0 fully saturated rings. The van der Waals surface area contributed by atoms with Crippen LogP contribution >= 0.6 is 11.6 Å². The summed E-state index contributed by atoms with van der Waals surface area (Å²) in [4.78, 5) is 12.3. The molecule has 1 atom stereocenters. The van der Waals surface area contributed by atoms with Gasteiger partial charge in [0.05, 0.1) is 6.04 Å². The van der Waals surface area contributed by atoms with Gasteiger partial charge < -0.3 is 9.88 Å². The molecule has 1 aliphatic rings. The zero-order valence-corrected chi connectivity index (χ0v) is 14.7. The van der Waals surface area contributed by atoms with Crippen LogP contribution in [0.3, 0.4) is 0 Å². The third-order valence-electron chi connectivity index (χ3n) is 4.48. The smallest absolute Gasteiger partial charge is 0.220 e. The number of rotatable bonds is 5. The molecule has 0 spiro atoms. The molecular formula is C18H23ClN4O. The Kier molecular flexibility index (Phi) is 5.51. The number of aryl methyl sites for hydroxylation is 2. The van der Waals surface area contributed by atoms with E-state index in [1.54, 1.807) is 0 Å². The first-order valence-corrected chi connectivity index (χ1v) is 8.97. The molecular weight excluding hydrogens is 324 g/mol. The van der Waals surface area contributed by atoms with Crippen molar-refractivity contribution in [2.24, 2.45) is 0 Å². The SMILES string of the molecule is CC(NC(=O)CCc1ccccc1Cl)c1nnc2n1CCCCC2. The van der Waals surface area contributed by atoms with Gasteiger partial charge in [-0.25, -0.2) is 0 Å². The fourth-order valence-corrected chi connectivity index (χ4v) is 3.39. The predicted molar refractivity (Wildman–Crippen MR) is 93.9 cm³/mol. The van der Waals surface area contributed by atoms with Gasteiger partial charge in [-0.1, -0.05) is 36.2 Å². The van der Waals surface area contributed by atoms with Crippen LogP contribution in [0.15, 0.2) is 24.3 Å². The maximum Gasteiger partial charge on any atom is 0.220 e. The molecule has 6 heteroatoms. The van der Waals surface area contributed by atoms with E-state index in [2.05, 4.69) is 20.1 Å². The summed E-state index contributed by atoms with van der Waals surface area (Å²) in [5.41, 5.74) is 0.998. The fraction of sp³-hybridized carbons (Fsp3) is 0.500. The lowest BCUT2D eigenvalue weighted by Crippen LogP contribution is -2.29. The molecule has 1 unspecified atom stereocenters. The molecule has 2 heterocycles. The van der Waals surface area contributed by atoms with E-state index in [0.29, 0.717) is 17.9 Å². The van der Waals surface area contributed by atoms with Gasteiger partial charge in [0.2, 0.25) is 5.91 Å². The van der Waals surface area contributed by atoms with Crippen molar-refractivity contribution >= 4 is 17.5 Å². The number of carbonyl (C=O) groups is 1. The van der Waals surface area contributed by atoms with Gasteiger partial charge in [-0.15, -0.1) is 10.2 Å². The second kappa shape index (κ2) is 7.79. The average molecular weight is 347 g/mol. The van der Waals surface area contributed by atoms with E-state index in [9.17, 15) is 4.79 Å². The van der Waals surface area contributed by atoms with E-state index in [0.717, 1.165) is 43.0 Å². The number of amides is 1. The standard InChI is InChI=1S/C18H23ClN4O/c1-13(18-22-21-16-9-3-2-6-12-23(16)18)20-17(24)11-10-14-7-4-5-8-15(14)19/h4-5,7-8,13H,2-3,6,9-12H2,1H3,(H,20,24). The summed E-state index contributed by atoms with van der Waals surface area (Å²) in [5.74, 6) is 1.91. The third kappa shape index (κ3) is 3.96. The number of aromatic nitrogens is 3. The summed E-state index contributed by atoms with van der Waals surface area (Å²) < 4.78 is 2.17. The molecule has 2 aromatic rings. The molecule has 0 saturated carbocycles. The molecule has 1 aromatic carbocycles. The minimum Gasteiger partial charge on any atom is -0.346 e. The van der Waals surface area contributed by atoms with E-state index in [-0.39, 0.29) is 11.9 Å². The lowest BCUT2D eigenvalue weighted by Gasteiger charge is -2.15. The number of carbonyl (C=O) groups excluding carboxylic acids is 1. The number of benzene rings is 1. The minimum atomic E-state index is -0.136. The Bertz CT molecular complexity index is 713. The molecule has 1 aromatic heterocycles. The van der Waals surface area contributed by atoms with Crippen molar-refractivity contribution in [3.63, 3.8) is 0 Å². The highest BCUT2D eigenvalue weighted by Crippen LogP contribution is 2.19. The summed E-state index contributed by atoms with van der Waals surface area (Å²) in [6.07, 6.45) is 5.55. The monoisotopic (exact) mass is 346 g/mol. The lowest BCUT2D eigenvalue weighted by molar-refractivity contribution is -0.121. The molecule has 3 rings (SSSR count). The summed E-state index contributed by atoms with van der Waals surface area (Å²) in [7, 11) is 0. The van der Waals surface area contributed by atoms with Crippen LogP contribution in [0.5, 0.6) is 0 Å². The highest BCUT2D eigenvalue weighted by atomic mass is 35.5. The number of hydrogen-bond donors (Lipinski definition) is 1. The van der Waals surface area contributed by atoms with E-state index in [4.69, 9.17) is 11.6 Å². The van der Waals surface area contributed by atoms with Crippen molar-refractivity contribution in [2.45, 2.75) is 58.0 Å². The molecule has 128 valence electrons. The van der Waals surface area contributed by atoms with Gasteiger partial charge in [-0.3, -0.25) is 4.79 Å². The largest absolute Gasteiger partial charge is 0.346 e. The van der Waals surface area contributed by atoms with E-state index in [1.807, 2.05) is 31.2 Å². The Morgan fingerprint density at radius 2 is 2.12 bits per heavy atom. The summed E-state index contributed by atoms with van der Waals surface area (Å²) in [6.45, 7) is 2.91. The van der Waals surface area contributed by atoms with Crippen LogP contribution in [0.1, 0.15) is 55.9 Å². The molecule has 1 N–H and O–H groups in total. The van der Waals surface area contributed by atoms with Crippen LogP contribution < -0.4 is 5.32 Å². The summed E-state index contributed by atoms with van der Waals surface area (Å²) >= 11 is 6.14. The second-order valence-corrected chi connectivity index (χ2v) is 6.72. The predicted octanol–water partition coefficient (Wildman–Crippen LogP) is 3.47. The maximum atomic E-state index is 12.3. The lowest BCUT2D eigenvalue weighted by atomic mass is 10.1. The molecule has 1 amide bonds. The van der Waals surface area contributed by atoms with Crippen LogP contribution in [0, 0.1) is 0 Å². The first-order chi connectivity index (χ1) is 11.6. The van der Waals surface area contributed by atoms with E-state index < -0.39 is 0 Å². The zero-order valence-electron chi connectivity index (χ0n) is 14.0. The van der Waals surface area contributed by atoms with Gasteiger partial charge in [0.1, 0.15) is 5.82 Å². The number of nitrogens with one attached hydrogen (secondary N) is 1. The van der Waals surface area contributed by atoms with Crippen molar-refractivity contribution in [2.75, 3.05) is 0 Å². The number of halogens is 1. The highest BCUT2D eigenvalue weighted by molar-refractivity contribution is 6.31. The van der Waals surface area contributed by atoms with Crippen molar-refractivity contribution in [1.82, 2.24) is 20.1 Å². The Labute approximate surface area is 147 Å². The summed E-state index contributed by atoms with van der Waals surface area (Å²) in [6, 6.07) is 7.50. The molecule has 0 saturated heterocycles. The van der Waals surface area contributed by atoms with E-state index in [1.165, 1.54) is 6.42 Å². The molecule has 1 aliphatic heterocycles. The number of fused-ring (bicyclic) bond motifs is 1. The van der Waals surface area contributed by atoms with Crippen molar-refractivity contribution < 1.29 is 4.79 Å². The molecule has 24 heavy (non-hydrogen) atoms. The first-order valence-electron chi connectivity index (χ1n) is 8.60. The highest BCUT2D eigenvalue weighted by Gasteiger charge is 2.20. The zero-order chi connectivity index (χ0) is 16.9. The maximum absolute atomic E-state index is 12.3. The topological polar surface area (TPSA) is 59.8 Å². The van der Waals surface area contributed by atoms with Gasteiger partial charge in [-0.05, 0) is 37.8 Å². The normalized spacial score (nSPS) is 15.4. The van der Waals surface area contributed by atoms with E-state index >= 15 is 0 Å². The van der Waals surface area contributed by atoms with Crippen LogP contribution in [0.4, 0.5) is 0 Å². The van der Waals surface area contributed by atoms with Gasteiger partial charge in [0.15, 0.2) is 5.82 Å². The van der Waals surface area contributed by atoms with Gasteiger partial charge in [0.25, 0.3) is 0 Å². The van der Waals surface area contributed by atoms with Gasteiger partial charge >= 0.3 is 0 Å². The van der Waals surface area contributed by atoms with Crippen LogP contribution in [0.25, 0.3) is 0 Å². The quantitative estimate of drug-likeness (QED) is 0.901. The van der Waals surface area contributed by atoms with Crippen LogP contribution in [-0.2, 0) is 24.2 Å². The Hall–Kier alpha value is -1.88. The Morgan fingerprint density at radius 1 is 1.29 bits per heavy atom.